The molecule has 0 spiro atoms. The summed E-state index contributed by atoms with van der Waals surface area (Å²) in [5.74, 6) is 0.554. The Morgan fingerprint density at radius 2 is 2.09 bits per heavy atom. The van der Waals surface area contributed by atoms with Crippen LogP contribution in [0.2, 0.25) is 0 Å². The highest BCUT2D eigenvalue weighted by Gasteiger charge is 2.23. The molecule has 32 heavy (non-hydrogen) atoms. The lowest BCUT2D eigenvalue weighted by atomic mass is 9.98. The average molecular weight is 452 g/mol. The molecule has 1 atom stereocenters. The smallest absolute Gasteiger partial charge is 0.271 e. The number of aryl methyl sites for hydroxylation is 1. The van der Waals surface area contributed by atoms with Gasteiger partial charge in [0.15, 0.2) is 11.5 Å². The molecule has 0 bridgehead atoms. The van der Waals surface area contributed by atoms with Gasteiger partial charge in [-0.25, -0.2) is 9.97 Å². The number of carbonyl (C=O) groups excluding carboxylic acids is 2. The van der Waals surface area contributed by atoms with Gasteiger partial charge in [0.05, 0.1) is 11.9 Å². The lowest BCUT2D eigenvalue weighted by Crippen LogP contribution is -2.41. The number of primary amides is 1. The quantitative estimate of drug-likeness (QED) is 0.504. The van der Waals surface area contributed by atoms with Gasteiger partial charge in [0.25, 0.3) is 11.8 Å². The van der Waals surface area contributed by atoms with Crippen LogP contribution in [-0.4, -0.2) is 45.8 Å². The van der Waals surface area contributed by atoms with E-state index < -0.39 is 5.91 Å². The molecule has 1 aliphatic rings. The Morgan fingerprint density at radius 1 is 1.28 bits per heavy atom. The first-order valence-electron chi connectivity index (χ1n) is 10.4. The van der Waals surface area contributed by atoms with Gasteiger partial charge in [-0.1, -0.05) is 18.2 Å². The summed E-state index contributed by atoms with van der Waals surface area (Å²) in [5.41, 5.74) is 7.11. The maximum Gasteiger partial charge on any atom is 0.271 e. The molecule has 3 heterocycles. The molecule has 166 valence electrons. The zero-order chi connectivity index (χ0) is 22.5. The SMILES string of the molecule is Cc1cc(Nc2nc(N3CCCC(CNC(=O)c4ccccc4)C3)cnc2C(N)=O)sn1. The third-order valence-electron chi connectivity index (χ3n) is 5.29. The summed E-state index contributed by atoms with van der Waals surface area (Å²) < 4.78 is 4.24. The largest absolute Gasteiger partial charge is 0.364 e. The molecule has 2 amide bonds. The van der Waals surface area contributed by atoms with Crippen molar-refractivity contribution in [2.24, 2.45) is 11.7 Å². The van der Waals surface area contributed by atoms with Gasteiger partial charge in [-0.3, -0.25) is 9.59 Å². The highest BCUT2D eigenvalue weighted by atomic mass is 32.1. The third kappa shape index (κ3) is 5.20. The van der Waals surface area contributed by atoms with Gasteiger partial charge in [0.2, 0.25) is 0 Å². The molecule has 1 saturated heterocycles. The number of hydrogen-bond donors (Lipinski definition) is 3. The van der Waals surface area contributed by atoms with Crippen LogP contribution in [-0.2, 0) is 0 Å². The van der Waals surface area contributed by atoms with E-state index in [0.29, 0.717) is 23.7 Å². The summed E-state index contributed by atoms with van der Waals surface area (Å²) in [4.78, 5) is 35.2. The van der Waals surface area contributed by atoms with E-state index in [1.54, 1.807) is 18.3 Å². The summed E-state index contributed by atoms with van der Waals surface area (Å²) in [7, 11) is 0. The predicted molar refractivity (Wildman–Crippen MR) is 124 cm³/mol. The van der Waals surface area contributed by atoms with E-state index in [1.807, 2.05) is 31.2 Å². The zero-order valence-electron chi connectivity index (χ0n) is 17.7. The van der Waals surface area contributed by atoms with E-state index in [-0.39, 0.29) is 17.5 Å². The minimum atomic E-state index is -0.645. The lowest BCUT2D eigenvalue weighted by molar-refractivity contribution is 0.0944. The maximum atomic E-state index is 12.4. The van der Waals surface area contributed by atoms with Gasteiger partial charge in [-0.05, 0) is 55.4 Å². The van der Waals surface area contributed by atoms with Crippen molar-refractivity contribution in [2.75, 3.05) is 29.9 Å². The average Bonchev–Trinajstić information content (AvgIpc) is 3.22. The fourth-order valence-corrected chi connectivity index (χ4v) is 4.37. The van der Waals surface area contributed by atoms with Gasteiger partial charge in [-0.2, -0.15) is 4.37 Å². The number of aromatic nitrogens is 3. The highest BCUT2D eigenvalue weighted by Crippen LogP contribution is 2.26. The molecule has 3 aromatic rings. The monoisotopic (exact) mass is 451 g/mol. The Bertz CT molecular complexity index is 1100. The number of piperidine rings is 1. The fourth-order valence-electron chi connectivity index (χ4n) is 3.71. The molecule has 0 aliphatic carbocycles. The molecule has 1 aromatic carbocycles. The second-order valence-electron chi connectivity index (χ2n) is 7.78. The zero-order valence-corrected chi connectivity index (χ0v) is 18.6. The second-order valence-corrected chi connectivity index (χ2v) is 8.58. The Kier molecular flexibility index (Phi) is 6.60. The number of nitrogens with one attached hydrogen (secondary N) is 2. The van der Waals surface area contributed by atoms with Gasteiger partial charge in [0.1, 0.15) is 10.8 Å². The van der Waals surface area contributed by atoms with Crippen LogP contribution in [0.5, 0.6) is 0 Å². The maximum absolute atomic E-state index is 12.4. The highest BCUT2D eigenvalue weighted by molar-refractivity contribution is 7.10. The summed E-state index contributed by atoms with van der Waals surface area (Å²) in [5, 5.41) is 6.91. The van der Waals surface area contributed by atoms with Crippen LogP contribution in [0.25, 0.3) is 0 Å². The van der Waals surface area contributed by atoms with E-state index in [0.717, 1.165) is 36.6 Å². The topological polar surface area (TPSA) is 126 Å². The summed E-state index contributed by atoms with van der Waals surface area (Å²) >= 11 is 1.28. The van der Waals surface area contributed by atoms with Crippen LogP contribution in [0.15, 0.2) is 42.6 Å². The van der Waals surface area contributed by atoms with Crippen molar-refractivity contribution in [3.63, 3.8) is 0 Å². The molecule has 1 unspecified atom stereocenters. The predicted octanol–water partition coefficient (Wildman–Crippen LogP) is 2.73. The van der Waals surface area contributed by atoms with Crippen LogP contribution in [0, 0.1) is 12.8 Å². The lowest BCUT2D eigenvalue weighted by Gasteiger charge is -2.33. The first-order valence-corrected chi connectivity index (χ1v) is 11.2. The molecular formula is C22H25N7O2S. The van der Waals surface area contributed by atoms with E-state index >= 15 is 0 Å². The van der Waals surface area contributed by atoms with E-state index in [1.165, 1.54) is 11.5 Å². The third-order valence-corrected chi connectivity index (χ3v) is 6.09. The molecular weight excluding hydrogens is 426 g/mol. The fraction of sp³-hybridized carbons (Fsp3) is 0.318. The number of carbonyl (C=O) groups is 2. The number of hydrogen-bond acceptors (Lipinski definition) is 8. The minimum absolute atomic E-state index is 0.0698. The Morgan fingerprint density at radius 3 is 2.81 bits per heavy atom. The Labute approximate surface area is 190 Å². The number of nitrogens with zero attached hydrogens (tertiary/aromatic N) is 4. The molecule has 0 radical (unpaired) electrons. The molecule has 2 aromatic heterocycles. The van der Waals surface area contributed by atoms with Gasteiger partial charge in [0, 0.05) is 25.2 Å². The number of amides is 2. The van der Waals surface area contributed by atoms with Crippen LogP contribution < -0.4 is 21.3 Å². The van der Waals surface area contributed by atoms with Gasteiger partial charge < -0.3 is 21.3 Å². The molecule has 1 fully saturated rings. The molecule has 9 nitrogen and oxygen atoms in total. The second kappa shape index (κ2) is 9.73. The standard InChI is InChI=1S/C22H25N7O2S/c1-14-10-18(32-28-14)27-21-19(20(23)30)24-12-17(26-21)29-9-5-6-15(13-29)11-25-22(31)16-7-3-2-4-8-16/h2-4,7-8,10,12,15H,5-6,9,11,13H2,1H3,(H2,23,30)(H,25,31)(H,26,27). The first-order chi connectivity index (χ1) is 15.5. The summed E-state index contributed by atoms with van der Waals surface area (Å²) in [6.45, 7) is 4.04. The number of anilines is 3. The molecule has 4 N–H and O–H groups in total. The van der Waals surface area contributed by atoms with Crippen LogP contribution in [0.4, 0.5) is 16.6 Å². The minimum Gasteiger partial charge on any atom is -0.364 e. The van der Waals surface area contributed by atoms with Gasteiger partial charge in [-0.15, -0.1) is 0 Å². The van der Waals surface area contributed by atoms with Crippen molar-refractivity contribution in [3.05, 3.63) is 59.5 Å². The molecule has 4 rings (SSSR count). The van der Waals surface area contributed by atoms with Crippen molar-refractivity contribution < 1.29 is 9.59 Å². The Hall–Kier alpha value is -3.53. The first kappa shape index (κ1) is 21.7. The molecule has 1 aliphatic heterocycles. The molecule has 10 heteroatoms. The summed E-state index contributed by atoms with van der Waals surface area (Å²) in [6.07, 6.45) is 3.57. The van der Waals surface area contributed by atoms with Crippen LogP contribution in [0.3, 0.4) is 0 Å². The van der Waals surface area contributed by atoms with Crippen LogP contribution in [0.1, 0.15) is 39.4 Å². The van der Waals surface area contributed by atoms with Crippen LogP contribution >= 0.6 is 11.5 Å². The van der Waals surface area contributed by atoms with E-state index in [4.69, 9.17) is 5.73 Å². The van der Waals surface area contributed by atoms with E-state index in [9.17, 15) is 9.59 Å². The number of nitrogens with two attached hydrogens (primary N) is 1. The van der Waals surface area contributed by atoms with Crippen molar-refractivity contribution in [1.82, 2.24) is 19.7 Å². The van der Waals surface area contributed by atoms with Crippen molar-refractivity contribution in [3.8, 4) is 0 Å². The molecule has 0 saturated carbocycles. The summed E-state index contributed by atoms with van der Waals surface area (Å²) in [6, 6.07) is 11.1. The van der Waals surface area contributed by atoms with Crippen molar-refractivity contribution in [1.29, 1.82) is 0 Å². The van der Waals surface area contributed by atoms with Gasteiger partial charge >= 0.3 is 0 Å². The van der Waals surface area contributed by atoms with E-state index in [2.05, 4.69) is 29.9 Å². The normalized spacial score (nSPS) is 15.9. The number of benzene rings is 1. The Balaban J connectivity index is 1.44. The van der Waals surface area contributed by atoms with Crippen molar-refractivity contribution >= 4 is 40.0 Å². The number of rotatable bonds is 7. The van der Waals surface area contributed by atoms with Crippen molar-refractivity contribution in [2.45, 2.75) is 19.8 Å².